The summed E-state index contributed by atoms with van der Waals surface area (Å²) in [5.74, 6) is 0.499. The van der Waals surface area contributed by atoms with Gasteiger partial charge < -0.3 is 10.2 Å². The van der Waals surface area contributed by atoms with Crippen molar-refractivity contribution in [3.8, 4) is 10.8 Å². The third kappa shape index (κ3) is 1.42. The molecule has 0 aliphatic heterocycles. The van der Waals surface area contributed by atoms with Crippen molar-refractivity contribution in [3.05, 3.63) is 16.5 Å². The summed E-state index contributed by atoms with van der Waals surface area (Å²) in [5.41, 5.74) is 6.56. The normalized spacial score (nSPS) is 10.6. The van der Waals surface area contributed by atoms with E-state index in [0.717, 1.165) is 4.88 Å². The van der Waals surface area contributed by atoms with Gasteiger partial charge in [-0.2, -0.15) is 0 Å². The summed E-state index contributed by atoms with van der Waals surface area (Å²) >= 11 is 1.63. The summed E-state index contributed by atoms with van der Waals surface area (Å²) in [5, 5.41) is 7.41. The van der Waals surface area contributed by atoms with Gasteiger partial charge >= 0.3 is 6.01 Å². The van der Waals surface area contributed by atoms with Crippen LogP contribution < -0.4 is 5.73 Å². The Kier molecular flexibility index (Phi) is 1.81. The number of rotatable bonds is 1. The molecule has 68 valence electrons. The summed E-state index contributed by atoms with van der Waals surface area (Å²) in [6.45, 7) is 4.11. The van der Waals surface area contributed by atoms with Crippen molar-refractivity contribution < 1.29 is 4.42 Å². The number of nitrogens with zero attached hydrogens (tertiary/aromatic N) is 2. The van der Waals surface area contributed by atoms with Crippen LogP contribution in [0.4, 0.5) is 6.01 Å². The maximum atomic E-state index is 5.33. The standard InChI is InChI=1S/C8H9N3OS/c1-4-3-6(13-5(4)2)7-10-11-8(9)12-7/h3H,1-2H3,(H2,9,11). The highest BCUT2D eigenvalue weighted by atomic mass is 32.1. The second kappa shape index (κ2) is 2.85. The molecule has 5 heteroatoms. The predicted molar refractivity (Wildman–Crippen MR) is 51.5 cm³/mol. The largest absolute Gasteiger partial charge is 0.403 e. The van der Waals surface area contributed by atoms with Crippen LogP contribution in [0.5, 0.6) is 0 Å². The molecule has 0 aromatic carbocycles. The second-order valence-electron chi connectivity index (χ2n) is 2.80. The predicted octanol–water partition coefficient (Wildman–Crippen LogP) is 2.00. The topological polar surface area (TPSA) is 64.9 Å². The number of nitrogen functional groups attached to an aromatic ring is 1. The summed E-state index contributed by atoms with van der Waals surface area (Å²) in [4.78, 5) is 2.23. The minimum Gasteiger partial charge on any atom is -0.403 e. The molecular weight excluding hydrogens is 186 g/mol. The zero-order valence-corrected chi connectivity index (χ0v) is 8.18. The molecule has 13 heavy (non-hydrogen) atoms. The lowest BCUT2D eigenvalue weighted by atomic mass is 10.3. The van der Waals surface area contributed by atoms with Gasteiger partial charge in [0.25, 0.3) is 5.89 Å². The molecule has 0 unspecified atom stereocenters. The minimum absolute atomic E-state index is 0.110. The Bertz CT molecular complexity index is 413. The van der Waals surface area contributed by atoms with Crippen LogP contribution in [-0.4, -0.2) is 10.2 Å². The van der Waals surface area contributed by atoms with Crippen molar-refractivity contribution in [2.75, 3.05) is 5.73 Å². The molecule has 0 saturated carbocycles. The van der Waals surface area contributed by atoms with Gasteiger partial charge in [0, 0.05) is 4.88 Å². The Labute approximate surface area is 79.4 Å². The fourth-order valence-electron chi connectivity index (χ4n) is 1.01. The maximum Gasteiger partial charge on any atom is 0.313 e. The molecule has 0 atom stereocenters. The summed E-state index contributed by atoms with van der Waals surface area (Å²) in [6, 6.07) is 2.13. The van der Waals surface area contributed by atoms with Crippen molar-refractivity contribution in [2.45, 2.75) is 13.8 Å². The number of thiophene rings is 1. The highest BCUT2D eigenvalue weighted by Crippen LogP contribution is 2.29. The first-order valence-corrected chi connectivity index (χ1v) is 4.65. The van der Waals surface area contributed by atoms with Crippen molar-refractivity contribution in [3.63, 3.8) is 0 Å². The molecule has 2 rings (SSSR count). The van der Waals surface area contributed by atoms with Gasteiger partial charge in [-0.15, -0.1) is 16.4 Å². The molecule has 0 fully saturated rings. The summed E-state index contributed by atoms with van der Waals surface area (Å²) in [7, 11) is 0. The smallest absolute Gasteiger partial charge is 0.313 e. The van der Waals surface area contributed by atoms with Crippen molar-refractivity contribution in [2.24, 2.45) is 0 Å². The first-order valence-electron chi connectivity index (χ1n) is 3.83. The zero-order chi connectivity index (χ0) is 9.42. The first-order chi connectivity index (χ1) is 6.16. The van der Waals surface area contributed by atoms with E-state index in [2.05, 4.69) is 24.0 Å². The van der Waals surface area contributed by atoms with Crippen molar-refractivity contribution in [1.29, 1.82) is 0 Å². The van der Waals surface area contributed by atoms with Crippen LogP contribution >= 0.6 is 11.3 Å². The Morgan fingerprint density at radius 1 is 1.38 bits per heavy atom. The van der Waals surface area contributed by atoms with Crippen LogP contribution in [0.15, 0.2) is 10.5 Å². The Morgan fingerprint density at radius 3 is 2.62 bits per heavy atom. The molecule has 0 bridgehead atoms. The van der Waals surface area contributed by atoms with E-state index in [4.69, 9.17) is 10.2 Å². The van der Waals surface area contributed by atoms with Gasteiger partial charge in [-0.1, -0.05) is 5.10 Å². The van der Waals surface area contributed by atoms with E-state index < -0.39 is 0 Å². The molecular formula is C8H9N3OS. The number of hydrogen-bond donors (Lipinski definition) is 1. The fourth-order valence-corrected chi connectivity index (χ4v) is 1.97. The lowest BCUT2D eigenvalue weighted by Gasteiger charge is -1.83. The molecule has 2 heterocycles. The zero-order valence-electron chi connectivity index (χ0n) is 7.37. The Morgan fingerprint density at radius 2 is 2.15 bits per heavy atom. The van der Waals surface area contributed by atoms with Crippen LogP contribution in [-0.2, 0) is 0 Å². The molecule has 0 saturated heterocycles. The fraction of sp³-hybridized carbons (Fsp3) is 0.250. The number of anilines is 1. The summed E-state index contributed by atoms with van der Waals surface area (Å²) < 4.78 is 5.10. The van der Waals surface area contributed by atoms with E-state index in [0.29, 0.717) is 5.89 Å². The van der Waals surface area contributed by atoms with Crippen molar-refractivity contribution in [1.82, 2.24) is 10.2 Å². The van der Waals surface area contributed by atoms with E-state index in [1.807, 2.05) is 6.07 Å². The van der Waals surface area contributed by atoms with E-state index in [9.17, 15) is 0 Å². The maximum absolute atomic E-state index is 5.33. The second-order valence-corrected chi connectivity index (χ2v) is 4.05. The third-order valence-corrected chi connectivity index (χ3v) is 2.96. The van der Waals surface area contributed by atoms with Gasteiger partial charge in [-0.3, -0.25) is 0 Å². The SMILES string of the molecule is Cc1cc(-c2nnc(N)o2)sc1C. The lowest BCUT2D eigenvalue weighted by molar-refractivity contribution is 0.592. The average molecular weight is 195 g/mol. The third-order valence-electron chi connectivity index (χ3n) is 1.82. The number of hydrogen-bond acceptors (Lipinski definition) is 5. The van der Waals surface area contributed by atoms with Gasteiger partial charge in [0.05, 0.1) is 4.88 Å². The first kappa shape index (κ1) is 8.25. The van der Waals surface area contributed by atoms with E-state index in [1.165, 1.54) is 10.4 Å². The molecule has 0 aliphatic rings. The van der Waals surface area contributed by atoms with E-state index in [1.54, 1.807) is 11.3 Å². The van der Waals surface area contributed by atoms with Gasteiger partial charge in [0.2, 0.25) is 0 Å². The van der Waals surface area contributed by atoms with Crippen LogP contribution in [0.2, 0.25) is 0 Å². The van der Waals surface area contributed by atoms with E-state index >= 15 is 0 Å². The van der Waals surface area contributed by atoms with Crippen LogP contribution in [0, 0.1) is 13.8 Å². The number of aryl methyl sites for hydroxylation is 2. The van der Waals surface area contributed by atoms with Crippen LogP contribution in [0.3, 0.4) is 0 Å². The monoisotopic (exact) mass is 195 g/mol. The average Bonchev–Trinajstić information content (AvgIpc) is 2.61. The molecule has 0 amide bonds. The number of nitrogens with two attached hydrogens (primary N) is 1. The quantitative estimate of drug-likeness (QED) is 0.755. The summed E-state index contributed by atoms with van der Waals surface area (Å²) in [6.07, 6.45) is 0. The molecule has 0 aliphatic carbocycles. The highest BCUT2D eigenvalue weighted by Gasteiger charge is 2.09. The highest BCUT2D eigenvalue weighted by molar-refractivity contribution is 7.15. The Balaban J connectivity index is 2.46. The molecule has 2 aromatic rings. The van der Waals surface area contributed by atoms with Gasteiger partial charge in [-0.05, 0) is 25.5 Å². The van der Waals surface area contributed by atoms with Crippen LogP contribution in [0.1, 0.15) is 10.4 Å². The Hall–Kier alpha value is -1.36. The molecule has 0 spiro atoms. The minimum atomic E-state index is 0.110. The molecule has 2 N–H and O–H groups in total. The van der Waals surface area contributed by atoms with Gasteiger partial charge in [0.1, 0.15) is 0 Å². The number of aromatic nitrogens is 2. The van der Waals surface area contributed by atoms with Crippen LogP contribution in [0.25, 0.3) is 10.8 Å². The van der Waals surface area contributed by atoms with E-state index in [-0.39, 0.29) is 6.01 Å². The van der Waals surface area contributed by atoms with Gasteiger partial charge in [-0.25, -0.2) is 0 Å². The van der Waals surface area contributed by atoms with Crippen molar-refractivity contribution >= 4 is 17.4 Å². The molecule has 2 aromatic heterocycles. The molecule has 4 nitrogen and oxygen atoms in total. The molecule has 0 radical (unpaired) electrons. The lowest BCUT2D eigenvalue weighted by Crippen LogP contribution is -1.81. The van der Waals surface area contributed by atoms with Gasteiger partial charge in [0.15, 0.2) is 0 Å².